The van der Waals surface area contributed by atoms with Crippen LogP contribution in [0.1, 0.15) is 24.8 Å². The number of hydrogen-bond acceptors (Lipinski definition) is 2. The van der Waals surface area contributed by atoms with Gasteiger partial charge < -0.3 is 10.4 Å². The number of carbonyl (C=O) groups is 1. The molecule has 0 unspecified atom stereocenters. The van der Waals surface area contributed by atoms with Gasteiger partial charge in [0.1, 0.15) is 0 Å². The Morgan fingerprint density at radius 2 is 1.90 bits per heavy atom. The minimum absolute atomic E-state index is 0.0577. The zero-order chi connectivity index (χ0) is 14.2. The van der Waals surface area contributed by atoms with E-state index in [1.54, 1.807) is 0 Å². The molecule has 1 aliphatic rings. The minimum Gasteiger partial charge on any atom is -0.395 e. The molecule has 2 aromatic rings. The van der Waals surface area contributed by atoms with Crippen LogP contribution in [0.3, 0.4) is 0 Å². The number of rotatable bonds is 3. The van der Waals surface area contributed by atoms with E-state index >= 15 is 0 Å². The first kappa shape index (κ1) is 13.1. The standard InChI is InChI=1S/C17H19NO2/c1-12-3-4-14-10-15(6-5-13(14)9-12)18-16(20)17(11-19)7-2-8-17/h3-6,9-10,19H,2,7-8,11H2,1H3,(H,18,20). The highest BCUT2D eigenvalue weighted by Crippen LogP contribution is 2.41. The van der Waals surface area contributed by atoms with Gasteiger partial charge in [-0.05, 0) is 42.7 Å². The number of carbonyl (C=O) groups excluding carboxylic acids is 1. The molecule has 1 aliphatic carbocycles. The van der Waals surface area contributed by atoms with E-state index in [9.17, 15) is 9.90 Å². The van der Waals surface area contributed by atoms with Crippen LogP contribution in [-0.2, 0) is 4.79 Å². The number of aliphatic hydroxyl groups is 1. The molecule has 2 aromatic carbocycles. The van der Waals surface area contributed by atoms with Crippen molar-refractivity contribution >= 4 is 22.4 Å². The summed E-state index contributed by atoms with van der Waals surface area (Å²) in [5.41, 5.74) is 1.47. The molecular weight excluding hydrogens is 250 g/mol. The van der Waals surface area contributed by atoms with Gasteiger partial charge in [-0.2, -0.15) is 0 Å². The molecule has 0 bridgehead atoms. The van der Waals surface area contributed by atoms with Crippen molar-refractivity contribution in [2.45, 2.75) is 26.2 Å². The van der Waals surface area contributed by atoms with Gasteiger partial charge in [0.15, 0.2) is 0 Å². The van der Waals surface area contributed by atoms with E-state index in [4.69, 9.17) is 0 Å². The van der Waals surface area contributed by atoms with Crippen LogP contribution in [0.5, 0.6) is 0 Å². The van der Waals surface area contributed by atoms with E-state index in [2.05, 4.69) is 30.4 Å². The van der Waals surface area contributed by atoms with Crippen molar-refractivity contribution in [3.05, 3.63) is 42.0 Å². The number of aliphatic hydroxyl groups excluding tert-OH is 1. The van der Waals surface area contributed by atoms with Gasteiger partial charge >= 0.3 is 0 Å². The third kappa shape index (κ3) is 2.18. The lowest BCUT2D eigenvalue weighted by Gasteiger charge is -2.38. The van der Waals surface area contributed by atoms with E-state index in [1.165, 1.54) is 10.9 Å². The summed E-state index contributed by atoms with van der Waals surface area (Å²) in [7, 11) is 0. The highest BCUT2D eigenvalue weighted by Gasteiger charge is 2.43. The van der Waals surface area contributed by atoms with Gasteiger partial charge in [-0.1, -0.05) is 36.2 Å². The third-order valence-electron chi connectivity index (χ3n) is 4.35. The van der Waals surface area contributed by atoms with Gasteiger partial charge in [0.25, 0.3) is 0 Å². The SMILES string of the molecule is Cc1ccc2cc(NC(=O)C3(CO)CCC3)ccc2c1. The maximum atomic E-state index is 12.3. The van der Waals surface area contributed by atoms with Crippen LogP contribution in [0.25, 0.3) is 10.8 Å². The van der Waals surface area contributed by atoms with Crippen molar-refractivity contribution in [2.75, 3.05) is 11.9 Å². The molecule has 3 rings (SSSR count). The number of amides is 1. The summed E-state index contributed by atoms with van der Waals surface area (Å²) in [6.45, 7) is 2.00. The minimum atomic E-state index is -0.553. The summed E-state index contributed by atoms with van der Waals surface area (Å²) in [6.07, 6.45) is 2.58. The summed E-state index contributed by atoms with van der Waals surface area (Å²) in [6, 6.07) is 12.2. The van der Waals surface area contributed by atoms with E-state index < -0.39 is 5.41 Å². The van der Waals surface area contributed by atoms with Crippen molar-refractivity contribution in [3.63, 3.8) is 0 Å². The second-order valence-corrected chi connectivity index (χ2v) is 5.81. The monoisotopic (exact) mass is 269 g/mol. The fourth-order valence-electron chi connectivity index (χ4n) is 2.77. The lowest BCUT2D eigenvalue weighted by molar-refractivity contribution is -0.133. The van der Waals surface area contributed by atoms with Gasteiger partial charge in [-0.25, -0.2) is 0 Å². The molecule has 1 amide bonds. The Hall–Kier alpha value is -1.87. The van der Waals surface area contributed by atoms with E-state index in [-0.39, 0.29) is 12.5 Å². The molecule has 0 spiro atoms. The van der Waals surface area contributed by atoms with Crippen LogP contribution in [-0.4, -0.2) is 17.6 Å². The molecule has 1 fully saturated rings. The fourth-order valence-corrected chi connectivity index (χ4v) is 2.77. The van der Waals surface area contributed by atoms with Gasteiger partial charge in [0.05, 0.1) is 12.0 Å². The number of anilines is 1. The Morgan fingerprint density at radius 3 is 2.55 bits per heavy atom. The molecule has 2 N–H and O–H groups in total. The molecule has 1 saturated carbocycles. The van der Waals surface area contributed by atoms with E-state index in [0.29, 0.717) is 0 Å². The predicted molar refractivity (Wildman–Crippen MR) is 80.7 cm³/mol. The molecule has 0 aromatic heterocycles. The van der Waals surface area contributed by atoms with Gasteiger partial charge in [-0.15, -0.1) is 0 Å². The number of fused-ring (bicyclic) bond motifs is 1. The predicted octanol–water partition coefficient (Wildman–Crippen LogP) is 3.25. The Bertz CT molecular complexity index is 654. The number of nitrogens with one attached hydrogen (secondary N) is 1. The lowest BCUT2D eigenvalue weighted by Crippen LogP contribution is -2.44. The van der Waals surface area contributed by atoms with Crippen LogP contribution < -0.4 is 5.32 Å². The Balaban J connectivity index is 1.84. The quantitative estimate of drug-likeness (QED) is 0.898. The first-order chi connectivity index (χ1) is 9.63. The lowest BCUT2D eigenvalue weighted by atomic mass is 9.68. The van der Waals surface area contributed by atoms with Crippen LogP contribution in [0.4, 0.5) is 5.69 Å². The summed E-state index contributed by atoms with van der Waals surface area (Å²) >= 11 is 0. The molecule has 0 saturated heterocycles. The zero-order valence-electron chi connectivity index (χ0n) is 11.6. The largest absolute Gasteiger partial charge is 0.395 e. The van der Waals surface area contributed by atoms with Crippen LogP contribution in [0.2, 0.25) is 0 Å². The maximum Gasteiger partial charge on any atom is 0.232 e. The summed E-state index contributed by atoms with van der Waals surface area (Å²) in [4.78, 5) is 12.3. The molecular formula is C17H19NO2. The molecule has 3 heteroatoms. The Morgan fingerprint density at radius 1 is 1.20 bits per heavy atom. The van der Waals surface area contributed by atoms with Gasteiger partial charge in [0.2, 0.25) is 5.91 Å². The molecule has 0 heterocycles. The molecule has 0 aliphatic heterocycles. The smallest absolute Gasteiger partial charge is 0.232 e. The molecule has 0 radical (unpaired) electrons. The second kappa shape index (κ2) is 4.91. The van der Waals surface area contributed by atoms with Crippen molar-refractivity contribution in [1.29, 1.82) is 0 Å². The van der Waals surface area contributed by atoms with Crippen LogP contribution >= 0.6 is 0 Å². The summed E-state index contributed by atoms with van der Waals surface area (Å²) < 4.78 is 0. The zero-order valence-corrected chi connectivity index (χ0v) is 11.6. The third-order valence-corrected chi connectivity index (χ3v) is 4.35. The summed E-state index contributed by atoms with van der Waals surface area (Å²) in [5.74, 6) is -0.0577. The molecule has 20 heavy (non-hydrogen) atoms. The van der Waals surface area contributed by atoms with Crippen molar-refractivity contribution in [1.82, 2.24) is 0 Å². The van der Waals surface area contributed by atoms with Crippen LogP contribution in [0.15, 0.2) is 36.4 Å². The highest BCUT2D eigenvalue weighted by molar-refractivity contribution is 5.98. The maximum absolute atomic E-state index is 12.3. The van der Waals surface area contributed by atoms with Crippen molar-refractivity contribution in [2.24, 2.45) is 5.41 Å². The first-order valence-electron chi connectivity index (χ1n) is 7.06. The van der Waals surface area contributed by atoms with Gasteiger partial charge in [-0.3, -0.25) is 4.79 Å². The molecule has 3 nitrogen and oxygen atoms in total. The van der Waals surface area contributed by atoms with E-state index in [1.807, 2.05) is 18.2 Å². The average Bonchev–Trinajstić information content (AvgIpc) is 2.38. The molecule has 0 atom stereocenters. The normalized spacial score (nSPS) is 16.7. The fraction of sp³-hybridized carbons (Fsp3) is 0.353. The first-order valence-corrected chi connectivity index (χ1v) is 7.06. The Labute approximate surface area is 118 Å². The van der Waals surface area contributed by atoms with Gasteiger partial charge in [0, 0.05) is 5.69 Å². The highest BCUT2D eigenvalue weighted by atomic mass is 16.3. The molecule has 104 valence electrons. The Kier molecular flexibility index (Phi) is 3.22. The number of aryl methyl sites for hydroxylation is 1. The van der Waals surface area contributed by atoms with Crippen molar-refractivity contribution in [3.8, 4) is 0 Å². The van der Waals surface area contributed by atoms with Crippen molar-refractivity contribution < 1.29 is 9.90 Å². The number of benzene rings is 2. The van der Waals surface area contributed by atoms with Crippen LogP contribution in [0, 0.1) is 12.3 Å². The summed E-state index contributed by atoms with van der Waals surface area (Å²) in [5, 5.41) is 14.7. The second-order valence-electron chi connectivity index (χ2n) is 5.81. The topological polar surface area (TPSA) is 49.3 Å². The van der Waals surface area contributed by atoms with E-state index in [0.717, 1.165) is 30.3 Å². The number of hydrogen-bond donors (Lipinski definition) is 2. The average molecular weight is 269 g/mol.